The Morgan fingerprint density at radius 2 is 1.41 bits per heavy atom. The van der Waals surface area contributed by atoms with E-state index >= 15 is 0 Å². The van der Waals surface area contributed by atoms with Crippen LogP contribution >= 0.6 is 0 Å². The minimum atomic E-state index is -1.15. The first kappa shape index (κ1) is 34.4. The summed E-state index contributed by atoms with van der Waals surface area (Å²) < 4.78 is 0. The average molecular weight is 663 g/mol. The highest BCUT2D eigenvalue weighted by molar-refractivity contribution is 6.09. The van der Waals surface area contributed by atoms with Gasteiger partial charge in [0.2, 0.25) is 0 Å². The first-order chi connectivity index (χ1) is 23.3. The second-order valence-corrected chi connectivity index (χ2v) is 12.6. The van der Waals surface area contributed by atoms with Gasteiger partial charge >= 0.3 is 0 Å². The standard InChI is InChI=1S/C40H38O9/c1-21(2)4-11-27-33(44)16-14-29(38(27)47)40(49)36-30(26-12-10-25(42)20-35(26)46)18-22(3)19-31(36)37-34(45)17-13-28(39(37)48)32(43)15-7-23-5-8-24(41)9-6-23/h4-10,12-17,19-20,30-31,36,41-42,44-48H,11,18H2,1-3H3/b15-7+/t30-,31+,36-/m0/s1. The number of rotatable bonds is 9. The van der Waals surface area contributed by atoms with E-state index in [9.17, 15) is 45.3 Å². The van der Waals surface area contributed by atoms with Crippen LogP contribution in [0.25, 0.3) is 6.08 Å². The lowest BCUT2D eigenvalue weighted by Crippen LogP contribution is -2.32. The zero-order valence-corrected chi connectivity index (χ0v) is 27.3. The van der Waals surface area contributed by atoms with Crippen LogP contribution in [0, 0.1) is 5.92 Å². The van der Waals surface area contributed by atoms with Gasteiger partial charge in [0.05, 0.1) is 11.1 Å². The van der Waals surface area contributed by atoms with Crippen LogP contribution < -0.4 is 0 Å². The molecule has 1 aliphatic rings. The van der Waals surface area contributed by atoms with E-state index < -0.39 is 40.8 Å². The van der Waals surface area contributed by atoms with Crippen molar-refractivity contribution in [3.05, 3.63) is 129 Å². The summed E-state index contributed by atoms with van der Waals surface area (Å²) in [6, 6.07) is 15.3. The molecule has 9 nitrogen and oxygen atoms in total. The van der Waals surface area contributed by atoms with Gasteiger partial charge in [0, 0.05) is 34.9 Å². The summed E-state index contributed by atoms with van der Waals surface area (Å²) in [5.41, 5.74) is 2.45. The highest BCUT2D eigenvalue weighted by Gasteiger charge is 2.43. The molecule has 0 spiro atoms. The van der Waals surface area contributed by atoms with E-state index in [2.05, 4.69) is 0 Å². The van der Waals surface area contributed by atoms with Crippen LogP contribution in [-0.2, 0) is 6.42 Å². The SMILES string of the molecule is CC(C)=CCc1c(O)ccc(C(=O)[C@@H]2[C@H](c3c(O)ccc(C(=O)/C=C/c4ccc(O)cc4)c3O)C=C(C)C[C@H]2c2ccc(O)cc2O)c1O. The van der Waals surface area contributed by atoms with Crippen molar-refractivity contribution in [2.75, 3.05) is 0 Å². The summed E-state index contributed by atoms with van der Waals surface area (Å²) >= 11 is 0. The smallest absolute Gasteiger partial charge is 0.189 e. The Labute approximate surface area is 283 Å². The Balaban J connectivity index is 1.67. The van der Waals surface area contributed by atoms with Crippen molar-refractivity contribution < 1.29 is 45.3 Å². The lowest BCUT2D eigenvalue weighted by Gasteiger charge is -2.37. The molecule has 4 aromatic rings. The van der Waals surface area contributed by atoms with Gasteiger partial charge in [0.1, 0.15) is 40.2 Å². The van der Waals surface area contributed by atoms with E-state index in [1.807, 2.05) is 13.8 Å². The van der Waals surface area contributed by atoms with Crippen molar-refractivity contribution in [3.63, 3.8) is 0 Å². The third-order valence-electron chi connectivity index (χ3n) is 8.89. The Bertz CT molecular complexity index is 2010. The summed E-state index contributed by atoms with van der Waals surface area (Å²) in [5, 5.41) is 75.3. The molecule has 0 saturated heterocycles. The normalized spacial score (nSPS) is 17.4. The number of allylic oxidation sites excluding steroid dienone is 5. The molecule has 0 amide bonds. The fourth-order valence-corrected chi connectivity index (χ4v) is 6.44. The summed E-state index contributed by atoms with van der Waals surface area (Å²) in [5.74, 6) is -6.08. The first-order valence-corrected chi connectivity index (χ1v) is 15.7. The molecule has 0 aliphatic heterocycles. The van der Waals surface area contributed by atoms with E-state index in [4.69, 9.17) is 0 Å². The van der Waals surface area contributed by atoms with Gasteiger partial charge in [0.15, 0.2) is 11.6 Å². The van der Waals surface area contributed by atoms with Gasteiger partial charge in [0.25, 0.3) is 0 Å². The molecule has 0 radical (unpaired) electrons. The Kier molecular flexibility index (Phi) is 9.84. The molecular formula is C40H38O9. The molecule has 7 N–H and O–H groups in total. The van der Waals surface area contributed by atoms with E-state index in [1.165, 1.54) is 60.7 Å². The van der Waals surface area contributed by atoms with E-state index in [0.717, 1.165) is 17.2 Å². The minimum absolute atomic E-state index is 0.0629. The second-order valence-electron chi connectivity index (χ2n) is 12.6. The van der Waals surface area contributed by atoms with E-state index in [1.54, 1.807) is 31.2 Å². The number of phenolic OH excluding ortho intramolecular Hbond substituents is 7. The van der Waals surface area contributed by atoms with Crippen molar-refractivity contribution in [2.24, 2.45) is 5.92 Å². The predicted molar refractivity (Wildman–Crippen MR) is 186 cm³/mol. The molecule has 0 saturated carbocycles. The number of Topliss-reactive ketones (excluding diaryl/α,β-unsaturated/α-hetero) is 1. The number of ketones is 2. The number of aromatic hydroxyl groups is 7. The third-order valence-corrected chi connectivity index (χ3v) is 8.89. The zero-order valence-electron chi connectivity index (χ0n) is 27.3. The average Bonchev–Trinajstić information content (AvgIpc) is 3.04. The quantitative estimate of drug-likeness (QED) is 0.0537. The molecule has 0 fully saturated rings. The molecule has 0 aromatic heterocycles. The minimum Gasteiger partial charge on any atom is -0.508 e. The zero-order chi connectivity index (χ0) is 35.6. The third kappa shape index (κ3) is 7.16. The van der Waals surface area contributed by atoms with Crippen LogP contribution in [0.1, 0.15) is 82.0 Å². The van der Waals surface area contributed by atoms with Crippen molar-refractivity contribution in [3.8, 4) is 40.2 Å². The molecule has 3 atom stereocenters. The van der Waals surface area contributed by atoms with Crippen LogP contribution in [0.5, 0.6) is 40.2 Å². The lowest BCUT2D eigenvalue weighted by atomic mass is 9.65. The molecule has 9 heteroatoms. The van der Waals surface area contributed by atoms with Gasteiger partial charge in [-0.25, -0.2) is 0 Å². The summed E-state index contributed by atoms with van der Waals surface area (Å²) in [6.07, 6.45) is 6.68. The van der Waals surface area contributed by atoms with E-state index in [-0.39, 0.29) is 63.8 Å². The summed E-state index contributed by atoms with van der Waals surface area (Å²) in [4.78, 5) is 28.1. The molecule has 49 heavy (non-hydrogen) atoms. The Morgan fingerprint density at radius 1 is 0.755 bits per heavy atom. The number of phenols is 7. The fourth-order valence-electron chi connectivity index (χ4n) is 6.44. The van der Waals surface area contributed by atoms with Gasteiger partial charge in [-0.3, -0.25) is 9.59 Å². The van der Waals surface area contributed by atoms with Crippen molar-refractivity contribution in [2.45, 2.75) is 45.4 Å². The number of carbonyl (C=O) groups excluding carboxylic acids is 2. The maximum atomic E-state index is 14.7. The van der Waals surface area contributed by atoms with Crippen molar-refractivity contribution >= 4 is 17.6 Å². The number of benzene rings is 4. The number of hydrogen-bond donors (Lipinski definition) is 7. The maximum absolute atomic E-state index is 14.7. The number of carbonyl (C=O) groups is 2. The highest BCUT2D eigenvalue weighted by Crippen LogP contribution is 2.53. The summed E-state index contributed by atoms with van der Waals surface area (Å²) in [7, 11) is 0. The van der Waals surface area contributed by atoms with Gasteiger partial charge in [-0.05, 0) is 93.3 Å². The lowest BCUT2D eigenvalue weighted by molar-refractivity contribution is 0.0876. The molecule has 0 bridgehead atoms. The van der Waals surface area contributed by atoms with Crippen molar-refractivity contribution in [1.82, 2.24) is 0 Å². The molecule has 5 rings (SSSR count). The van der Waals surface area contributed by atoms with Gasteiger partial charge in [-0.2, -0.15) is 0 Å². The molecule has 0 heterocycles. The van der Waals surface area contributed by atoms with Crippen LogP contribution in [-0.4, -0.2) is 47.3 Å². The highest BCUT2D eigenvalue weighted by atomic mass is 16.3. The molecular weight excluding hydrogens is 624 g/mol. The van der Waals surface area contributed by atoms with Crippen LogP contribution in [0.2, 0.25) is 0 Å². The van der Waals surface area contributed by atoms with Crippen molar-refractivity contribution in [1.29, 1.82) is 0 Å². The van der Waals surface area contributed by atoms with Crippen LogP contribution in [0.3, 0.4) is 0 Å². The second kappa shape index (κ2) is 14.0. The van der Waals surface area contributed by atoms with Gasteiger partial charge < -0.3 is 35.7 Å². The Morgan fingerprint density at radius 3 is 2.08 bits per heavy atom. The molecule has 252 valence electrons. The maximum Gasteiger partial charge on any atom is 0.189 e. The first-order valence-electron chi connectivity index (χ1n) is 15.7. The molecule has 4 aromatic carbocycles. The predicted octanol–water partition coefficient (Wildman–Crippen LogP) is 7.75. The molecule has 0 unspecified atom stereocenters. The molecule has 1 aliphatic carbocycles. The van der Waals surface area contributed by atoms with Crippen LogP contribution in [0.4, 0.5) is 0 Å². The van der Waals surface area contributed by atoms with Gasteiger partial charge in [-0.1, -0.05) is 47.6 Å². The largest absolute Gasteiger partial charge is 0.508 e. The Hall–Kier alpha value is -5.96. The monoisotopic (exact) mass is 662 g/mol. The van der Waals surface area contributed by atoms with E-state index in [0.29, 0.717) is 11.1 Å². The summed E-state index contributed by atoms with van der Waals surface area (Å²) in [6.45, 7) is 5.53. The number of hydrogen-bond acceptors (Lipinski definition) is 9. The topological polar surface area (TPSA) is 176 Å². The van der Waals surface area contributed by atoms with Crippen LogP contribution in [0.15, 0.2) is 96.1 Å². The van der Waals surface area contributed by atoms with Gasteiger partial charge in [-0.15, -0.1) is 0 Å². The fraction of sp³-hybridized carbons (Fsp3) is 0.200.